The van der Waals surface area contributed by atoms with Gasteiger partial charge in [-0.15, -0.1) is 0 Å². The predicted molar refractivity (Wildman–Crippen MR) is 116 cm³/mol. The van der Waals surface area contributed by atoms with Gasteiger partial charge < -0.3 is 19.5 Å². The number of anilines is 1. The van der Waals surface area contributed by atoms with E-state index in [0.717, 1.165) is 27.8 Å². The van der Waals surface area contributed by atoms with Crippen molar-refractivity contribution in [3.05, 3.63) is 66.5 Å². The summed E-state index contributed by atoms with van der Waals surface area (Å²) >= 11 is 0. The molecular weight excluding hydrogens is 380 g/mol. The van der Waals surface area contributed by atoms with Gasteiger partial charge in [0, 0.05) is 35.5 Å². The summed E-state index contributed by atoms with van der Waals surface area (Å²) in [7, 11) is 4.80. The lowest BCUT2D eigenvalue weighted by Gasteiger charge is -2.17. The Hall–Kier alpha value is -3.87. The molecule has 0 aliphatic rings. The van der Waals surface area contributed by atoms with E-state index >= 15 is 0 Å². The molecule has 0 atom stereocenters. The Morgan fingerprint density at radius 3 is 2.40 bits per heavy atom. The molecule has 152 valence electrons. The molecule has 0 amide bonds. The molecule has 2 heterocycles. The summed E-state index contributed by atoms with van der Waals surface area (Å²) in [4.78, 5) is 13.6. The van der Waals surface area contributed by atoms with Crippen LogP contribution in [-0.2, 0) is 6.54 Å². The number of fused-ring (bicyclic) bond motifs is 1. The van der Waals surface area contributed by atoms with Crippen molar-refractivity contribution in [3.63, 3.8) is 0 Å². The van der Waals surface area contributed by atoms with Crippen molar-refractivity contribution in [2.75, 3.05) is 26.6 Å². The van der Waals surface area contributed by atoms with Crippen LogP contribution in [-0.4, -0.2) is 36.3 Å². The molecule has 0 spiro atoms. The second-order valence-corrected chi connectivity index (χ2v) is 6.50. The van der Waals surface area contributed by atoms with Crippen LogP contribution in [0, 0.1) is 0 Å². The molecule has 0 radical (unpaired) electrons. The van der Waals surface area contributed by atoms with E-state index in [-0.39, 0.29) is 0 Å². The first-order chi connectivity index (χ1) is 14.7. The van der Waals surface area contributed by atoms with Crippen molar-refractivity contribution in [1.82, 2.24) is 15.0 Å². The molecule has 30 heavy (non-hydrogen) atoms. The molecule has 0 unspecified atom stereocenters. The quantitative estimate of drug-likeness (QED) is 0.493. The van der Waals surface area contributed by atoms with Gasteiger partial charge in [0.15, 0.2) is 17.3 Å². The van der Waals surface area contributed by atoms with E-state index in [4.69, 9.17) is 24.2 Å². The largest absolute Gasteiger partial charge is 0.493 e. The van der Waals surface area contributed by atoms with Crippen molar-refractivity contribution in [1.29, 1.82) is 0 Å². The summed E-state index contributed by atoms with van der Waals surface area (Å²) in [6.07, 6.45) is 3.48. The second kappa shape index (κ2) is 8.65. The number of pyridine rings is 1. The fraction of sp³-hybridized carbons (Fsp3) is 0.174. The van der Waals surface area contributed by atoms with Crippen LogP contribution in [0.1, 0.15) is 5.56 Å². The van der Waals surface area contributed by atoms with Gasteiger partial charge in [0.05, 0.1) is 26.8 Å². The molecule has 1 N–H and O–H groups in total. The third kappa shape index (κ3) is 3.69. The lowest BCUT2D eigenvalue weighted by molar-refractivity contribution is 0.322. The first kappa shape index (κ1) is 19.4. The third-order valence-corrected chi connectivity index (χ3v) is 4.75. The average Bonchev–Trinajstić information content (AvgIpc) is 2.82. The van der Waals surface area contributed by atoms with Gasteiger partial charge in [-0.25, -0.2) is 9.97 Å². The Morgan fingerprint density at radius 1 is 0.833 bits per heavy atom. The molecule has 0 saturated carbocycles. The Morgan fingerprint density at radius 2 is 1.67 bits per heavy atom. The van der Waals surface area contributed by atoms with Crippen molar-refractivity contribution in [3.8, 4) is 28.6 Å². The van der Waals surface area contributed by atoms with E-state index in [1.54, 1.807) is 33.7 Å². The van der Waals surface area contributed by atoms with Gasteiger partial charge in [-0.1, -0.05) is 12.1 Å². The Labute approximate surface area is 174 Å². The topological polar surface area (TPSA) is 78.4 Å². The van der Waals surface area contributed by atoms with Crippen LogP contribution in [0.15, 0.2) is 60.9 Å². The van der Waals surface area contributed by atoms with Gasteiger partial charge in [0.1, 0.15) is 5.82 Å². The maximum absolute atomic E-state index is 5.59. The summed E-state index contributed by atoms with van der Waals surface area (Å²) in [5.41, 5.74) is 2.63. The third-order valence-electron chi connectivity index (χ3n) is 4.75. The summed E-state index contributed by atoms with van der Waals surface area (Å²) in [5.74, 6) is 3.14. The maximum Gasteiger partial charge on any atom is 0.203 e. The Balaban J connectivity index is 1.73. The highest BCUT2D eigenvalue weighted by Crippen LogP contribution is 2.40. The minimum Gasteiger partial charge on any atom is -0.493 e. The van der Waals surface area contributed by atoms with Gasteiger partial charge >= 0.3 is 0 Å². The molecule has 0 aliphatic carbocycles. The van der Waals surface area contributed by atoms with Crippen molar-refractivity contribution < 1.29 is 14.2 Å². The van der Waals surface area contributed by atoms with E-state index in [1.807, 2.05) is 48.5 Å². The fourth-order valence-electron chi connectivity index (χ4n) is 3.32. The number of nitrogens with one attached hydrogen (secondary N) is 1. The zero-order valence-corrected chi connectivity index (χ0v) is 17.0. The smallest absolute Gasteiger partial charge is 0.203 e. The highest BCUT2D eigenvalue weighted by atomic mass is 16.5. The second-order valence-electron chi connectivity index (χ2n) is 6.50. The first-order valence-electron chi connectivity index (χ1n) is 9.44. The molecule has 7 nitrogen and oxygen atoms in total. The molecule has 2 aromatic carbocycles. The number of methoxy groups -OCH3 is 3. The number of nitrogens with zero attached hydrogens (tertiary/aromatic N) is 3. The van der Waals surface area contributed by atoms with Crippen LogP contribution >= 0.6 is 0 Å². The summed E-state index contributed by atoms with van der Waals surface area (Å²) in [5, 5.41) is 4.36. The molecule has 0 aliphatic heterocycles. The lowest BCUT2D eigenvalue weighted by atomic mass is 10.1. The molecule has 0 saturated heterocycles. The van der Waals surface area contributed by atoms with E-state index in [9.17, 15) is 0 Å². The van der Waals surface area contributed by atoms with Gasteiger partial charge in [-0.2, -0.15) is 0 Å². The molecule has 0 fully saturated rings. The number of benzene rings is 2. The standard InChI is InChI=1S/C23H22N4O3/c1-28-19-11-10-15(20(29-2)21(19)30-3)14-25-23-17-8-4-5-9-18(17)26-22(27-23)16-7-6-12-24-13-16/h4-13H,14H2,1-3H3,(H,25,26,27). The van der Waals surface area contributed by atoms with E-state index in [0.29, 0.717) is 29.6 Å². The van der Waals surface area contributed by atoms with Crippen LogP contribution in [0.4, 0.5) is 5.82 Å². The molecule has 7 heteroatoms. The van der Waals surface area contributed by atoms with Crippen LogP contribution in [0.3, 0.4) is 0 Å². The number of hydrogen-bond donors (Lipinski definition) is 1. The molecule has 0 bridgehead atoms. The van der Waals surface area contributed by atoms with Crippen LogP contribution in [0.2, 0.25) is 0 Å². The zero-order valence-electron chi connectivity index (χ0n) is 17.0. The molecule has 2 aromatic heterocycles. The normalized spacial score (nSPS) is 10.6. The highest BCUT2D eigenvalue weighted by molar-refractivity contribution is 5.90. The van der Waals surface area contributed by atoms with Gasteiger partial charge in [0.2, 0.25) is 5.75 Å². The molecule has 4 aromatic rings. The van der Waals surface area contributed by atoms with Gasteiger partial charge in [0.25, 0.3) is 0 Å². The van der Waals surface area contributed by atoms with Crippen LogP contribution in [0.5, 0.6) is 17.2 Å². The maximum atomic E-state index is 5.59. The lowest BCUT2D eigenvalue weighted by Crippen LogP contribution is -2.07. The number of ether oxygens (including phenoxy) is 3. The van der Waals surface area contributed by atoms with Crippen LogP contribution in [0.25, 0.3) is 22.3 Å². The van der Waals surface area contributed by atoms with Crippen LogP contribution < -0.4 is 19.5 Å². The average molecular weight is 402 g/mol. The minimum atomic E-state index is 0.483. The van der Waals surface area contributed by atoms with E-state index in [1.165, 1.54) is 0 Å². The van der Waals surface area contributed by atoms with Crippen molar-refractivity contribution in [2.24, 2.45) is 0 Å². The monoisotopic (exact) mass is 402 g/mol. The predicted octanol–water partition coefficient (Wildman–Crippen LogP) is 4.33. The van der Waals surface area contributed by atoms with E-state index < -0.39 is 0 Å². The number of rotatable bonds is 7. The fourth-order valence-corrected chi connectivity index (χ4v) is 3.32. The summed E-state index contributed by atoms with van der Waals surface area (Å²) in [6.45, 7) is 0.483. The first-order valence-corrected chi connectivity index (χ1v) is 9.44. The minimum absolute atomic E-state index is 0.483. The van der Waals surface area contributed by atoms with Gasteiger partial charge in [-0.05, 0) is 36.4 Å². The molecule has 4 rings (SSSR count). The van der Waals surface area contributed by atoms with Crippen molar-refractivity contribution in [2.45, 2.75) is 6.54 Å². The summed E-state index contributed by atoms with van der Waals surface area (Å²) < 4.78 is 16.4. The van der Waals surface area contributed by atoms with E-state index in [2.05, 4.69) is 10.3 Å². The zero-order chi connectivity index (χ0) is 20.9. The number of para-hydroxylation sites is 1. The van der Waals surface area contributed by atoms with Crippen molar-refractivity contribution >= 4 is 16.7 Å². The highest BCUT2D eigenvalue weighted by Gasteiger charge is 2.16. The molecular formula is C23H22N4O3. The Bertz CT molecular complexity index is 1170. The Kier molecular flexibility index (Phi) is 5.61. The number of hydrogen-bond acceptors (Lipinski definition) is 7. The number of aromatic nitrogens is 3. The SMILES string of the molecule is COc1ccc(CNc2nc(-c3cccnc3)nc3ccccc23)c(OC)c1OC. The summed E-state index contributed by atoms with van der Waals surface area (Å²) in [6, 6.07) is 15.5. The van der Waals surface area contributed by atoms with Gasteiger partial charge in [-0.3, -0.25) is 4.98 Å².